The summed E-state index contributed by atoms with van der Waals surface area (Å²) in [6.07, 6.45) is 3.72. The third-order valence-corrected chi connectivity index (χ3v) is 2.60. The van der Waals surface area contributed by atoms with Crippen LogP contribution in [0.4, 0.5) is 0 Å². The summed E-state index contributed by atoms with van der Waals surface area (Å²) < 4.78 is 1.04. The van der Waals surface area contributed by atoms with Crippen molar-refractivity contribution in [1.82, 2.24) is 15.6 Å². The van der Waals surface area contributed by atoms with Crippen LogP contribution in [0.15, 0.2) is 22.9 Å². The van der Waals surface area contributed by atoms with Crippen LogP contribution in [0.2, 0.25) is 0 Å². The van der Waals surface area contributed by atoms with E-state index in [9.17, 15) is 0 Å². The average molecular weight is 352 g/mol. The van der Waals surface area contributed by atoms with Gasteiger partial charge in [0.2, 0.25) is 0 Å². The minimum absolute atomic E-state index is 0. The van der Waals surface area contributed by atoms with Gasteiger partial charge in [0.15, 0.2) is 0 Å². The second-order valence-corrected chi connectivity index (χ2v) is 4.06. The Morgan fingerprint density at radius 1 is 1.19 bits per heavy atom. The van der Waals surface area contributed by atoms with E-state index < -0.39 is 0 Å². The number of pyridine rings is 1. The second kappa shape index (κ2) is 9.45. The molecule has 7 heteroatoms. The maximum Gasteiger partial charge on any atom is 0.0462 e. The molecular formula is C9H15BrCl3N3. The molecule has 1 unspecified atom stereocenters. The molecule has 1 fully saturated rings. The van der Waals surface area contributed by atoms with Gasteiger partial charge in [0, 0.05) is 42.5 Å². The molecule has 0 saturated carbocycles. The largest absolute Gasteiger partial charge is 0.314 e. The van der Waals surface area contributed by atoms with Gasteiger partial charge in [0.1, 0.15) is 0 Å². The zero-order valence-corrected chi connectivity index (χ0v) is 12.5. The summed E-state index contributed by atoms with van der Waals surface area (Å²) in [6, 6.07) is 2.51. The van der Waals surface area contributed by atoms with E-state index in [1.165, 1.54) is 5.56 Å². The SMILES string of the molecule is Brc1cncc(C2CNCCN2)c1.Cl.Cl.Cl. The fourth-order valence-electron chi connectivity index (χ4n) is 1.51. The lowest BCUT2D eigenvalue weighted by Crippen LogP contribution is -2.42. The first kappa shape index (κ1) is 18.8. The molecule has 2 rings (SSSR count). The number of nitrogens with zero attached hydrogens (tertiary/aromatic N) is 1. The number of piperazine rings is 1. The normalized spacial score (nSPS) is 18.7. The Morgan fingerprint density at radius 2 is 1.94 bits per heavy atom. The Balaban J connectivity index is 0. The highest BCUT2D eigenvalue weighted by Gasteiger charge is 2.14. The van der Waals surface area contributed by atoms with E-state index in [0.717, 1.165) is 24.1 Å². The molecule has 2 N–H and O–H groups in total. The molecular weight excluding hydrogens is 336 g/mol. The lowest BCUT2D eigenvalue weighted by molar-refractivity contribution is 0.429. The molecule has 1 aliphatic rings. The van der Waals surface area contributed by atoms with Crippen molar-refractivity contribution >= 4 is 53.2 Å². The molecule has 0 bridgehead atoms. The van der Waals surface area contributed by atoms with Crippen LogP contribution in [-0.2, 0) is 0 Å². The first-order chi connectivity index (χ1) is 6.36. The highest BCUT2D eigenvalue weighted by Crippen LogP contribution is 2.16. The van der Waals surface area contributed by atoms with Crippen LogP contribution >= 0.6 is 53.2 Å². The van der Waals surface area contributed by atoms with Crippen molar-refractivity contribution < 1.29 is 0 Å². The number of aromatic nitrogens is 1. The zero-order chi connectivity index (χ0) is 9.10. The molecule has 0 amide bonds. The van der Waals surface area contributed by atoms with Gasteiger partial charge in [-0.05, 0) is 27.6 Å². The Labute approximate surface area is 123 Å². The third kappa shape index (κ3) is 5.17. The molecule has 1 atom stereocenters. The molecule has 0 spiro atoms. The molecule has 0 radical (unpaired) electrons. The molecule has 0 aliphatic carbocycles. The number of halogens is 4. The van der Waals surface area contributed by atoms with E-state index in [0.29, 0.717) is 6.04 Å². The van der Waals surface area contributed by atoms with Crippen molar-refractivity contribution in [3.8, 4) is 0 Å². The van der Waals surface area contributed by atoms with Crippen molar-refractivity contribution in [3.63, 3.8) is 0 Å². The molecule has 0 aromatic carbocycles. The molecule has 1 saturated heterocycles. The van der Waals surface area contributed by atoms with Gasteiger partial charge in [-0.1, -0.05) is 0 Å². The highest BCUT2D eigenvalue weighted by atomic mass is 79.9. The summed E-state index contributed by atoms with van der Waals surface area (Å²) in [4.78, 5) is 4.14. The maximum atomic E-state index is 4.14. The fourth-order valence-corrected chi connectivity index (χ4v) is 1.89. The topological polar surface area (TPSA) is 37.0 Å². The Kier molecular flexibility index (Phi) is 11.1. The highest BCUT2D eigenvalue weighted by molar-refractivity contribution is 9.10. The summed E-state index contributed by atoms with van der Waals surface area (Å²) in [5.41, 5.74) is 1.24. The Bertz CT molecular complexity index is 295. The Hall–Kier alpha value is 0.420. The number of hydrogen-bond acceptors (Lipinski definition) is 3. The number of nitrogens with one attached hydrogen (secondary N) is 2. The first-order valence-corrected chi connectivity index (χ1v) is 5.20. The molecule has 16 heavy (non-hydrogen) atoms. The van der Waals surface area contributed by atoms with Crippen molar-refractivity contribution in [2.75, 3.05) is 19.6 Å². The van der Waals surface area contributed by atoms with E-state index in [4.69, 9.17) is 0 Å². The number of rotatable bonds is 1. The molecule has 1 aromatic rings. The van der Waals surface area contributed by atoms with Crippen LogP contribution in [0.3, 0.4) is 0 Å². The lowest BCUT2D eigenvalue weighted by atomic mass is 10.1. The van der Waals surface area contributed by atoms with Gasteiger partial charge >= 0.3 is 0 Å². The fraction of sp³-hybridized carbons (Fsp3) is 0.444. The van der Waals surface area contributed by atoms with E-state index in [1.54, 1.807) is 6.20 Å². The monoisotopic (exact) mass is 349 g/mol. The van der Waals surface area contributed by atoms with E-state index in [-0.39, 0.29) is 37.2 Å². The van der Waals surface area contributed by atoms with Crippen LogP contribution in [0.1, 0.15) is 11.6 Å². The van der Waals surface area contributed by atoms with Crippen molar-refractivity contribution in [1.29, 1.82) is 0 Å². The van der Waals surface area contributed by atoms with Gasteiger partial charge in [-0.3, -0.25) is 4.98 Å². The van der Waals surface area contributed by atoms with Crippen LogP contribution in [-0.4, -0.2) is 24.6 Å². The lowest BCUT2D eigenvalue weighted by Gasteiger charge is -2.24. The average Bonchev–Trinajstić information content (AvgIpc) is 2.19. The van der Waals surface area contributed by atoms with Crippen molar-refractivity contribution in [3.05, 3.63) is 28.5 Å². The predicted molar refractivity (Wildman–Crippen MR) is 77.3 cm³/mol. The smallest absolute Gasteiger partial charge is 0.0462 e. The third-order valence-electron chi connectivity index (χ3n) is 2.17. The van der Waals surface area contributed by atoms with Crippen LogP contribution < -0.4 is 10.6 Å². The molecule has 94 valence electrons. The standard InChI is InChI=1S/C9H12BrN3.3ClH/c10-8-3-7(4-12-5-8)9-6-11-1-2-13-9;;;/h3-5,9,11,13H,1-2,6H2;3*1H. The molecule has 3 nitrogen and oxygen atoms in total. The Morgan fingerprint density at radius 3 is 2.50 bits per heavy atom. The van der Waals surface area contributed by atoms with Crippen LogP contribution in [0, 0.1) is 0 Å². The van der Waals surface area contributed by atoms with Gasteiger partial charge in [-0.2, -0.15) is 0 Å². The van der Waals surface area contributed by atoms with Crippen LogP contribution in [0.5, 0.6) is 0 Å². The van der Waals surface area contributed by atoms with Crippen molar-refractivity contribution in [2.24, 2.45) is 0 Å². The van der Waals surface area contributed by atoms with Gasteiger partial charge < -0.3 is 10.6 Å². The van der Waals surface area contributed by atoms with Crippen LogP contribution in [0.25, 0.3) is 0 Å². The van der Waals surface area contributed by atoms with Gasteiger partial charge in [-0.25, -0.2) is 0 Å². The van der Waals surface area contributed by atoms with Crippen molar-refractivity contribution in [2.45, 2.75) is 6.04 Å². The molecule has 2 heterocycles. The van der Waals surface area contributed by atoms with E-state index >= 15 is 0 Å². The maximum absolute atomic E-state index is 4.14. The molecule has 1 aromatic heterocycles. The quantitative estimate of drug-likeness (QED) is 0.815. The summed E-state index contributed by atoms with van der Waals surface area (Å²) in [5.74, 6) is 0. The summed E-state index contributed by atoms with van der Waals surface area (Å²) in [6.45, 7) is 3.06. The summed E-state index contributed by atoms with van der Waals surface area (Å²) in [7, 11) is 0. The molecule has 1 aliphatic heterocycles. The number of hydrogen-bond donors (Lipinski definition) is 2. The van der Waals surface area contributed by atoms with E-state index in [1.807, 2.05) is 6.20 Å². The van der Waals surface area contributed by atoms with Gasteiger partial charge in [0.05, 0.1) is 0 Å². The van der Waals surface area contributed by atoms with E-state index in [2.05, 4.69) is 37.6 Å². The first-order valence-electron chi connectivity index (χ1n) is 4.41. The summed E-state index contributed by atoms with van der Waals surface area (Å²) in [5, 5.41) is 6.79. The van der Waals surface area contributed by atoms with Gasteiger partial charge in [-0.15, -0.1) is 37.2 Å². The minimum atomic E-state index is 0. The summed E-state index contributed by atoms with van der Waals surface area (Å²) >= 11 is 3.42. The minimum Gasteiger partial charge on any atom is -0.314 e. The predicted octanol–water partition coefficient (Wildman–Crippen LogP) is 2.34. The van der Waals surface area contributed by atoms with Gasteiger partial charge in [0.25, 0.3) is 0 Å². The zero-order valence-electron chi connectivity index (χ0n) is 8.48. The second-order valence-electron chi connectivity index (χ2n) is 3.15.